The average Bonchev–Trinajstić information content (AvgIpc) is 3.25. The fourth-order valence-electron chi connectivity index (χ4n) is 3.97. The number of hydrogen-bond acceptors (Lipinski definition) is 4. The van der Waals surface area contributed by atoms with Crippen LogP contribution in [-0.4, -0.2) is 41.2 Å². The van der Waals surface area contributed by atoms with Gasteiger partial charge in [-0.1, -0.05) is 12.1 Å². The fourth-order valence-corrected chi connectivity index (χ4v) is 3.97. The minimum atomic E-state index is -4.38. The van der Waals surface area contributed by atoms with E-state index < -0.39 is 17.8 Å². The first-order valence-electron chi connectivity index (χ1n) is 10.8. The van der Waals surface area contributed by atoms with Gasteiger partial charge in [0.15, 0.2) is 0 Å². The van der Waals surface area contributed by atoms with Gasteiger partial charge in [-0.15, -0.1) is 0 Å². The summed E-state index contributed by atoms with van der Waals surface area (Å²) in [6.07, 6.45) is -4.23. The maximum atomic E-state index is 12.7. The molecular formula is C24H23F3N4O3. The first-order valence-corrected chi connectivity index (χ1v) is 10.8. The van der Waals surface area contributed by atoms with Crippen molar-refractivity contribution in [1.29, 1.82) is 0 Å². The van der Waals surface area contributed by atoms with Crippen LogP contribution in [-0.2, 0) is 17.4 Å². The zero-order valence-electron chi connectivity index (χ0n) is 18.1. The number of halogens is 3. The van der Waals surface area contributed by atoms with Gasteiger partial charge >= 0.3 is 12.3 Å². The number of anilines is 2. The van der Waals surface area contributed by atoms with Crippen LogP contribution < -0.4 is 15.5 Å². The molecule has 1 aliphatic heterocycles. The molecule has 0 saturated carbocycles. The van der Waals surface area contributed by atoms with E-state index in [1.54, 1.807) is 18.2 Å². The molecule has 2 aromatic carbocycles. The molecule has 3 aromatic rings. The van der Waals surface area contributed by atoms with Gasteiger partial charge in [0.1, 0.15) is 5.82 Å². The van der Waals surface area contributed by atoms with Gasteiger partial charge in [0.05, 0.1) is 17.1 Å². The van der Waals surface area contributed by atoms with Crippen molar-refractivity contribution in [2.45, 2.75) is 31.5 Å². The standard InChI is InChI=1S/C24H23F3N4O3/c25-24(26,27)17-5-1-15(2-6-17)3-10-22(32)28-18-7-8-20-16(13-18)4-9-21(30-20)31-12-11-19(14-31)29-23(33)34/h1-2,4-9,13,19,29H,3,10-12,14H2,(H,28,32)(H,33,34). The molecule has 178 valence electrons. The zero-order chi connectivity index (χ0) is 24.3. The molecule has 7 nitrogen and oxygen atoms in total. The summed E-state index contributed by atoms with van der Waals surface area (Å²) < 4.78 is 38.0. The van der Waals surface area contributed by atoms with Crippen LogP contribution in [0.15, 0.2) is 54.6 Å². The monoisotopic (exact) mass is 472 g/mol. The first kappa shape index (κ1) is 23.3. The number of aryl methyl sites for hydroxylation is 1. The summed E-state index contributed by atoms with van der Waals surface area (Å²) >= 11 is 0. The van der Waals surface area contributed by atoms with E-state index in [0.29, 0.717) is 37.2 Å². The molecule has 1 saturated heterocycles. The second-order valence-corrected chi connectivity index (χ2v) is 8.20. The van der Waals surface area contributed by atoms with Crippen molar-refractivity contribution >= 4 is 34.4 Å². The molecule has 34 heavy (non-hydrogen) atoms. The topological polar surface area (TPSA) is 94.6 Å². The van der Waals surface area contributed by atoms with Crippen molar-refractivity contribution in [2.75, 3.05) is 23.3 Å². The van der Waals surface area contributed by atoms with E-state index in [2.05, 4.69) is 15.6 Å². The highest BCUT2D eigenvalue weighted by Crippen LogP contribution is 2.29. The summed E-state index contributed by atoms with van der Waals surface area (Å²) in [5.74, 6) is 0.522. The Balaban J connectivity index is 1.34. The maximum Gasteiger partial charge on any atom is 0.416 e. The highest BCUT2D eigenvalue weighted by Gasteiger charge is 2.30. The fraction of sp³-hybridized carbons (Fsp3) is 0.292. The molecule has 0 radical (unpaired) electrons. The lowest BCUT2D eigenvalue weighted by atomic mass is 10.1. The van der Waals surface area contributed by atoms with E-state index in [9.17, 15) is 22.8 Å². The predicted octanol–water partition coefficient (Wildman–Crippen LogP) is 4.67. The van der Waals surface area contributed by atoms with Gasteiger partial charge in [0.2, 0.25) is 5.91 Å². The normalized spacial score (nSPS) is 16.0. The maximum absolute atomic E-state index is 12.7. The number of pyridine rings is 1. The second-order valence-electron chi connectivity index (χ2n) is 8.20. The number of benzene rings is 2. The van der Waals surface area contributed by atoms with Gasteiger partial charge in [-0.2, -0.15) is 13.2 Å². The number of aromatic nitrogens is 1. The number of fused-ring (bicyclic) bond motifs is 1. The number of carbonyl (C=O) groups is 2. The van der Waals surface area contributed by atoms with Crippen molar-refractivity contribution in [3.05, 3.63) is 65.7 Å². The van der Waals surface area contributed by atoms with Gasteiger partial charge in [0, 0.05) is 30.6 Å². The largest absolute Gasteiger partial charge is 0.465 e. The lowest BCUT2D eigenvalue weighted by Crippen LogP contribution is -2.36. The second kappa shape index (κ2) is 9.58. The molecule has 3 N–H and O–H groups in total. The lowest BCUT2D eigenvalue weighted by molar-refractivity contribution is -0.137. The van der Waals surface area contributed by atoms with Crippen LogP contribution >= 0.6 is 0 Å². The molecule has 1 fully saturated rings. The average molecular weight is 472 g/mol. The third-order valence-electron chi connectivity index (χ3n) is 5.72. The Morgan fingerprint density at radius 2 is 1.85 bits per heavy atom. The molecule has 10 heteroatoms. The molecular weight excluding hydrogens is 449 g/mol. The van der Waals surface area contributed by atoms with Crippen LogP contribution in [0.1, 0.15) is 24.0 Å². The lowest BCUT2D eigenvalue weighted by Gasteiger charge is -2.18. The third kappa shape index (κ3) is 5.75. The Hall–Kier alpha value is -3.82. The Morgan fingerprint density at radius 3 is 2.56 bits per heavy atom. The molecule has 0 spiro atoms. The number of nitrogens with one attached hydrogen (secondary N) is 2. The summed E-state index contributed by atoms with van der Waals surface area (Å²) in [4.78, 5) is 29.8. The van der Waals surface area contributed by atoms with Gasteiger partial charge < -0.3 is 20.6 Å². The van der Waals surface area contributed by atoms with E-state index in [-0.39, 0.29) is 18.4 Å². The number of carboxylic acid groups (broad SMARTS) is 1. The Morgan fingerprint density at radius 1 is 1.09 bits per heavy atom. The molecule has 1 aliphatic rings. The molecule has 4 rings (SSSR count). The molecule has 1 aromatic heterocycles. The van der Waals surface area contributed by atoms with Crippen molar-refractivity contribution in [3.8, 4) is 0 Å². The first-order chi connectivity index (χ1) is 16.2. The number of alkyl halides is 3. The molecule has 0 bridgehead atoms. The summed E-state index contributed by atoms with van der Waals surface area (Å²) in [5.41, 5.74) is 1.29. The van der Waals surface area contributed by atoms with Crippen LogP contribution in [0.4, 0.5) is 29.5 Å². The molecule has 1 atom stereocenters. The summed E-state index contributed by atoms with van der Waals surface area (Å²) in [6.45, 7) is 1.26. The van der Waals surface area contributed by atoms with Gasteiger partial charge in [-0.05, 0) is 60.9 Å². The van der Waals surface area contributed by atoms with Crippen molar-refractivity contribution in [1.82, 2.24) is 10.3 Å². The van der Waals surface area contributed by atoms with Gasteiger partial charge in [-0.3, -0.25) is 4.79 Å². The Bertz CT molecular complexity index is 1200. The van der Waals surface area contributed by atoms with Crippen molar-refractivity contribution in [2.24, 2.45) is 0 Å². The summed E-state index contributed by atoms with van der Waals surface area (Å²) in [6, 6.07) is 13.8. The third-order valence-corrected chi connectivity index (χ3v) is 5.72. The van der Waals surface area contributed by atoms with Crippen molar-refractivity contribution < 1.29 is 27.9 Å². The SMILES string of the molecule is O=C(O)NC1CCN(c2ccc3cc(NC(=O)CCc4ccc(C(F)(F)F)cc4)ccc3n2)C1. The Kier molecular flexibility index (Phi) is 6.58. The van der Waals surface area contributed by atoms with Crippen LogP contribution in [0.5, 0.6) is 0 Å². The van der Waals surface area contributed by atoms with E-state index in [1.165, 1.54) is 12.1 Å². The van der Waals surface area contributed by atoms with Crippen LogP contribution in [0, 0.1) is 0 Å². The molecule has 0 aliphatic carbocycles. The summed E-state index contributed by atoms with van der Waals surface area (Å²) in [5, 5.41) is 15.0. The quantitative estimate of drug-likeness (QED) is 0.485. The van der Waals surface area contributed by atoms with E-state index >= 15 is 0 Å². The molecule has 2 amide bonds. The van der Waals surface area contributed by atoms with Crippen molar-refractivity contribution in [3.63, 3.8) is 0 Å². The van der Waals surface area contributed by atoms with E-state index in [4.69, 9.17) is 5.11 Å². The number of rotatable bonds is 6. The number of nitrogens with zero attached hydrogens (tertiary/aromatic N) is 2. The smallest absolute Gasteiger partial charge is 0.416 e. The van der Waals surface area contributed by atoms with Crippen LogP contribution in [0.2, 0.25) is 0 Å². The number of carbonyl (C=O) groups excluding carboxylic acids is 1. The van der Waals surface area contributed by atoms with Crippen LogP contribution in [0.25, 0.3) is 10.9 Å². The van der Waals surface area contributed by atoms with Gasteiger partial charge in [-0.25, -0.2) is 9.78 Å². The molecule has 1 unspecified atom stereocenters. The number of hydrogen-bond donors (Lipinski definition) is 3. The zero-order valence-corrected chi connectivity index (χ0v) is 18.1. The highest BCUT2D eigenvalue weighted by atomic mass is 19.4. The highest BCUT2D eigenvalue weighted by molar-refractivity contribution is 5.94. The van der Waals surface area contributed by atoms with Gasteiger partial charge in [0.25, 0.3) is 0 Å². The minimum Gasteiger partial charge on any atom is -0.465 e. The summed E-state index contributed by atoms with van der Waals surface area (Å²) in [7, 11) is 0. The minimum absolute atomic E-state index is 0.129. The predicted molar refractivity (Wildman–Crippen MR) is 122 cm³/mol. The van der Waals surface area contributed by atoms with E-state index in [0.717, 1.165) is 28.9 Å². The number of amides is 2. The molecule has 2 heterocycles. The Labute approximate surface area is 193 Å². The van der Waals surface area contributed by atoms with Crippen LogP contribution in [0.3, 0.4) is 0 Å². The van der Waals surface area contributed by atoms with E-state index in [1.807, 2.05) is 17.0 Å².